The summed E-state index contributed by atoms with van der Waals surface area (Å²) in [7, 11) is 0. The Balaban J connectivity index is 2.06. The second kappa shape index (κ2) is 4.99. The SMILES string of the molecule is N#CC[C@H](c1ccccc1)c1ccc2cc[nH]c2c1. The molecule has 2 aromatic carbocycles. The zero-order chi connectivity index (χ0) is 13.1. The van der Waals surface area contributed by atoms with Crippen LogP contribution in [0.15, 0.2) is 60.8 Å². The van der Waals surface area contributed by atoms with Crippen LogP contribution in [-0.2, 0) is 0 Å². The second-order valence-corrected chi connectivity index (χ2v) is 4.65. The molecule has 0 saturated carbocycles. The Morgan fingerprint density at radius 3 is 2.63 bits per heavy atom. The number of fused-ring (bicyclic) bond motifs is 1. The number of rotatable bonds is 3. The fourth-order valence-corrected chi connectivity index (χ4v) is 2.49. The van der Waals surface area contributed by atoms with Crippen molar-refractivity contribution in [1.82, 2.24) is 4.98 Å². The molecule has 2 nitrogen and oxygen atoms in total. The van der Waals surface area contributed by atoms with E-state index in [1.54, 1.807) is 0 Å². The monoisotopic (exact) mass is 246 g/mol. The van der Waals surface area contributed by atoms with Crippen LogP contribution in [-0.4, -0.2) is 4.98 Å². The van der Waals surface area contributed by atoms with E-state index < -0.39 is 0 Å². The van der Waals surface area contributed by atoms with Crippen LogP contribution in [0.1, 0.15) is 23.5 Å². The van der Waals surface area contributed by atoms with Crippen molar-refractivity contribution in [2.75, 3.05) is 0 Å². The third kappa shape index (κ3) is 2.23. The highest BCUT2D eigenvalue weighted by atomic mass is 14.7. The summed E-state index contributed by atoms with van der Waals surface area (Å²) in [4.78, 5) is 3.23. The molecule has 1 N–H and O–H groups in total. The van der Waals surface area contributed by atoms with Gasteiger partial charge in [-0.15, -0.1) is 0 Å². The number of nitrogens with one attached hydrogen (secondary N) is 1. The zero-order valence-corrected chi connectivity index (χ0v) is 10.5. The van der Waals surface area contributed by atoms with Gasteiger partial charge in [-0.1, -0.05) is 42.5 Å². The fraction of sp³-hybridized carbons (Fsp3) is 0.118. The molecule has 0 bridgehead atoms. The highest BCUT2D eigenvalue weighted by Gasteiger charge is 2.14. The molecule has 0 spiro atoms. The van der Waals surface area contributed by atoms with Gasteiger partial charge in [0.05, 0.1) is 6.07 Å². The Hall–Kier alpha value is -2.53. The van der Waals surface area contributed by atoms with Crippen molar-refractivity contribution in [3.8, 4) is 6.07 Å². The normalized spacial score (nSPS) is 12.2. The Morgan fingerprint density at radius 1 is 1.00 bits per heavy atom. The molecule has 0 amide bonds. The van der Waals surface area contributed by atoms with Crippen LogP contribution in [0.2, 0.25) is 0 Å². The molecule has 1 aromatic heterocycles. The van der Waals surface area contributed by atoms with Crippen molar-refractivity contribution in [2.24, 2.45) is 0 Å². The molecule has 0 unspecified atom stereocenters. The topological polar surface area (TPSA) is 39.6 Å². The van der Waals surface area contributed by atoms with E-state index in [1.807, 2.05) is 24.4 Å². The molecule has 0 aliphatic carbocycles. The Morgan fingerprint density at radius 2 is 1.84 bits per heavy atom. The van der Waals surface area contributed by atoms with Crippen LogP contribution in [0, 0.1) is 11.3 Å². The molecule has 1 heterocycles. The molecular formula is C17H14N2. The van der Waals surface area contributed by atoms with Gasteiger partial charge in [0.25, 0.3) is 0 Å². The van der Waals surface area contributed by atoms with Gasteiger partial charge in [-0.3, -0.25) is 0 Å². The highest BCUT2D eigenvalue weighted by molar-refractivity contribution is 5.80. The number of nitrogens with zero attached hydrogens (tertiary/aromatic N) is 1. The fourth-order valence-electron chi connectivity index (χ4n) is 2.49. The van der Waals surface area contributed by atoms with Crippen molar-refractivity contribution in [1.29, 1.82) is 5.26 Å². The molecule has 0 radical (unpaired) electrons. The molecule has 92 valence electrons. The van der Waals surface area contributed by atoms with Gasteiger partial charge >= 0.3 is 0 Å². The molecule has 2 heteroatoms. The molecule has 3 aromatic rings. The summed E-state index contributed by atoms with van der Waals surface area (Å²) in [6.07, 6.45) is 2.44. The number of aromatic nitrogens is 1. The number of benzene rings is 2. The summed E-state index contributed by atoms with van der Waals surface area (Å²) in [5.74, 6) is 0.138. The summed E-state index contributed by atoms with van der Waals surface area (Å²) in [6.45, 7) is 0. The summed E-state index contributed by atoms with van der Waals surface area (Å²) in [6, 6.07) is 20.9. The van der Waals surface area contributed by atoms with E-state index in [9.17, 15) is 0 Å². The summed E-state index contributed by atoms with van der Waals surface area (Å²) in [5.41, 5.74) is 3.49. The van der Waals surface area contributed by atoms with E-state index in [2.05, 4.69) is 47.5 Å². The predicted octanol–water partition coefficient (Wildman–Crippen LogP) is 4.21. The number of H-pyrrole nitrogens is 1. The lowest BCUT2D eigenvalue weighted by molar-refractivity contribution is 0.839. The lowest BCUT2D eigenvalue weighted by Crippen LogP contribution is -2.00. The number of hydrogen-bond donors (Lipinski definition) is 1. The van der Waals surface area contributed by atoms with E-state index in [0.717, 1.165) is 5.52 Å². The lowest BCUT2D eigenvalue weighted by atomic mass is 9.89. The first kappa shape index (κ1) is 11.6. The lowest BCUT2D eigenvalue weighted by Gasteiger charge is -2.14. The first-order valence-corrected chi connectivity index (χ1v) is 6.37. The number of hydrogen-bond acceptors (Lipinski definition) is 1. The van der Waals surface area contributed by atoms with Gasteiger partial charge in [0.15, 0.2) is 0 Å². The molecule has 19 heavy (non-hydrogen) atoms. The maximum absolute atomic E-state index is 9.07. The number of aromatic amines is 1. The third-order valence-electron chi connectivity index (χ3n) is 3.48. The van der Waals surface area contributed by atoms with Crippen LogP contribution in [0.4, 0.5) is 0 Å². The van der Waals surface area contributed by atoms with Gasteiger partial charge < -0.3 is 4.98 Å². The van der Waals surface area contributed by atoms with Gasteiger partial charge in [-0.05, 0) is 28.6 Å². The van der Waals surface area contributed by atoms with Gasteiger partial charge in [-0.25, -0.2) is 0 Å². The summed E-state index contributed by atoms with van der Waals surface area (Å²) >= 11 is 0. The smallest absolute Gasteiger partial charge is 0.0631 e. The quantitative estimate of drug-likeness (QED) is 0.738. The first-order chi connectivity index (χ1) is 9.38. The van der Waals surface area contributed by atoms with Crippen LogP contribution in [0.3, 0.4) is 0 Å². The average Bonchev–Trinajstić information content (AvgIpc) is 2.93. The molecule has 0 fully saturated rings. The van der Waals surface area contributed by atoms with E-state index in [0.29, 0.717) is 6.42 Å². The number of nitriles is 1. The largest absolute Gasteiger partial charge is 0.361 e. The highest BCUT2D eigenvalue weighted by Crippen LogP contribution is 2.29. The van der Waals surface area contributed by atoms with Gasteiger partial charge in [0, 0.05) is 24.1 Å². The Kier molecular flexibility index (Phi) is 3.04. The maximum atomic E-state index is 9.07. The van der Waals surface area contributed by atoms with Crippen LogP contribution in [0.5, 0.6) is 0 Å². The summed E-state index contributed by atoms with van der Waals surface area (Å²) < 4.78 is 0. The zero-order valence-electron chi connectivity index (χ0n) is 10.5. The first-order valence-electron chi connectivity index (χ1n) is 6.37. The Bertz CT molecular complexity index is 720. The third-order valence-corrected chi connectivity index (χ3v) is 3.48. The average molecular weight is 246 g/mol. The van der Waals surface area contributed by atoms with Crippen LogP contribution in [0.25, 0.3) is 10.9 Å². The van der Waals surface area contributed by atoms with Gasteiger partial charge in [0.1, 0.15) is 0 Å². The summed E-state index contributed by atoms with van der Waals surface area (Å²) in [5, 5.41) is 10.3. The van der Waals surface area contributed by atoms with Crippen LogP contribution >= 0.6 is 0 Å². The van der Waals surface area contributed by atoms with Crippen molar-refractivity contribution < 1.29 is 0 Å². The van der Waals surface area contributed by atoms with E-state index in [4.69, 9.17) is 5.26 Å². The second-order valence-electron chi connectivity index (χ2n) is 4.65. The van der Waals surface area contributed by atoms with Crippen molar-refractivity contribution in [3.05, 3.63) is 71.9 Å². The van der Waals surface area contributed by atoms with Crippen LogP contribution < -0.4 is 0 Å². The van der Waals surface area contributed by atoms with Crippen molar-refractivity contribution in [3.63, 3.8) is 0 Å². The molecular weight excluding hydrogens is 232 g/mol. The van der Waals surface area contributed by atoms with Crippen molar-refractivity contribution in [2.45, 2.75) is 12.3 Å². The minimum Gasteiger partial charge on any atom is -0.361 e. The minimum atomic E-state index is 0.138. The Labute approximate surface area is 112 Å². The van der Waals surface area contributed by atoms with E-state index in [-0.39, 0.29) is 5.92 Å². The maximum Gasteiger partial charge on any atom is 0.0631 e. The van der Waals surface area contributed by atoms with E-state index in [1.165, 1.54) is 16.5 Å². The van der Waals surface area contributed by atoms with Gasteiger partial charge in [-0.2, -0.15) is 5.26 Å². The van der Waals surface area contributed by atoms with E-state index >= 15 is 0 Å². The molecule has 1 atom stereocenters. The van der Waals surface area contributed by atoms with Crippen molar-refractivity contribution >= 4 is 10.9 Å². The minimum absolute atomic E-state index is 0.138. The molecule has 0 saturated heterocycles. The molecule has 3 rings (SSSR count). The predicted molar refractivity (Wildman–Crippen MR) is 76.8 cm³/mol. The molecule has 0 aliphatic heterocycles. The van der Waals surface area contributed by atoms with Gasteiger partial charge in [0.2, 0.25) is 0 Å². The molecule has 0 aliphatic rings. The standard InChI is InChI=1S/C17H14N2/c18-10-8-16(13-4-2-1-3-5-13)15-7-6-14-9-11-19-17(14)12-15/h1-7,9,11-12,16,19H,8H2/t16-/m1/s1.